The number of likely N-dealkylation sites (N-methyl/N-ethyl adjacent to an activating group) is 2. The fraction of sp³-hybridized carbons (Fsp3) is 0.875. The SMILES string of the molecule is CC(C)B1OC(=O)CN(C)CC(=O)O1.CC(C)B1OCCN(C)CCO1. The van der Waals surface area contributed by atoms with Crippen LogP contribution in [0.4, 0.5) is 0 Å². The van der Waals surface area contributed by atoms with Gasteiger partial charge in [0.2, 0.25) is 0 Å². The summed E-state index contributed by atoms with van der Waals surface area (Å²) in [6.45, 7) is 11.7. The predicted molar refractivity (Wildman–Crippen MR) is 101 cm³/mol. The lowest BCUT2D eigenvalue weighted by Gasteiger charge is -2.25. The molecule has 2 fully saturated rings. The lowest BCUT2D eigenvalue weighted by atomic mass is 9.74. The van der Waals surface area contributed by atoms with E-state index in [9.17, 15) is 9.59 Å². The molecule has 26 heavy (non-hydrogen) atoms. The maximum Gasteiger partial charge on any atom is 0.601 e. The lowest BCUT2D eigenvalue weighted by molar-refractivity contribution is -0.145. The third-order valence-corrected chi connectivity index (χ3v) is 3.89. The van der Waals surface area contributed by atoms with Gasteiger partial charge >= 0.3 is 26.2 Å². The molecule has 0 radical (unpaired) electrons. The highest BCUT2D eigenvalue weighted by atomic mass is 16.6. The topological polar surface area (TPSA) is 77.5 Å². The molecule has 2 rings (SSSR count). The van der Waals surface area contributed by atoms with Gasteiger partial charge in [-0.3, -0.25) is 14.5 Å². The lowest BCUT2D eigenvalue weighted by Crippen LogP contribution is -2.43. The largest absolute Gasteiger partial charge is 0.601 e. The number of nitrogens with zero attached hydrogens (tertiary/aromatic N) is 2. The fourth-order valence-electron chi connectivity index (χ4n) is 2.32. The van der Waals surface area contributed by atoms with Crippen LogP contribution in [0.3, 0.4) is 0 Å². The Morgan fingerprint density at radius 3 is 1.58 bits per heavy atom. The van der Waals surface area contributed by atoms with Crippen LogP contribution >= 0.6 is 0 Å². The van der Waals surface area contributed by atoms with Crippen LogP contribution in [0.2, 0.25) is 11.6 Å². The van der Waals surface area contributed by atoms with Gasteiger partial charge in [0.25, 0.3) is 0 Å². The zero-order valence-corrected chi connectivity index (χ0v) is 16.9. The molecule has 2 saturated heterocycles. The van der Waals surface area contributed by atoms with Crippen molar-refractivity contribution in [2.24, 2.45) is 0 Å². The van der Waals surface area contributed by atoms with Gasteiger partial charge in [-0.05, 0) is 19.9 Å². The average Bonchev–Trinajstić information content (AvgIpc) is 2.48. The van der Waals surface area contributed by atoms with Gasteiger partial charge in [0.05, 0.1) is 13.1 Å². The fourth-order valence-corrected chi connectivity index (χ4v) is 2.32. The molecule has 0 aromatic carbocycles. The first-order chi connectivity index (χ1) is 12.2. The molecule has 0 saturated carbocycles. The van der Waals surface area contributed by atoms with Gasteiger partial charge in [-0.15, -0.1) is 0 Å². The van der Waals surface area contributed by atoms with E-state index in [2.05, 4.69) is 25.8 Å². The highest BCUT2D eigenvalue weighted by Crippen LogP contribution is 2.13. The maximum atomic E-state index is 11.2. The average molecular weight is 370 g/mol. The summed E-state index contributed by atoms with van der Waals surface area (Å²) in [6.07, 6.45) is 0. The summed E-state index contributed by atoms with van der Waals surface area (Å²) >= 11 is 0. The van der Waals surface area contributed by atoms with Crippen LogP contribution in [0.5, 0.6) is 0 Å². The van der Waals surface area contributed by atoms with E-state index >= 15 is 0 Å². The van der Waals surface area contributed by atoms with Gasteiger partial charge in [0.15, 0.2) is 0 Å². The van der Waals surface area contributed by atoms with Gasteiger partial charge < -0.3 is 23.5 Å². The highest BCUT2D eigenvalue weighted by Gasteiger charge is 2.34. The second-order valence-electron chi connectivity index (χ2n) is 7.42. The second kappa shape index (κ2) is 11.6. The smallest absolute Gasteiger partial charge is 0.498 e. The van der Waals surface area contributed by atoms with Gasteiger partial charge in [-0.1, -0.05) is 27.7 Å². The molecule has 0 aromatic heterocycles. The summed E-state index contributed by atoms with van der Waals surface area (Å²) in [5.41, 5.74) is 0. The number of rotatable bonds is 2. The van der Waals surface area contributed by atoms with Gasteiger partial charge in [0, 0.05) is 32.1 Å². The van der Waals surface area contributed by atoms with Crippen LogP contribution in [0.15, 0.2) is 0 Å². The van der Waals surface area contributed by atoms with Crippen molar-refractivity contribution in [3.8, 4) is 0 Å². The highest BCUT2D eigenvalue weighted by molar-refractivity contribution is 6.50. The molecule has 8 nitrogen and oxygen atoms in total. The summed E-state index contributed by atoms with van der Waals surface area (Å²) in [4.78, 5) is 26.2. The molecule has 0 spiro atoms. The quantitative estimate of drug-likeness (QED) is 0.661. The van der Waals surface area contributed by atoms with Crippen LogP contribution in [-0.4, -0.2) is 89.5 Å². The molecule has 2 aliphatic rings. The van der Waals surface area contributed by atoms with Crippen molar-refractivity contribution in [2.45, 2.75) is 39.3 Å². The van der Waals surface area contributed by atoms with Gasteiger partial charge in [0.1, 0.15) is 0 Å². The number of hydrogen-bond donors (Lipinski definition) is 0. The van der Waals surface area contributed by atoms with Crippen LogP contribution in [0.1, 0.15) is 27.7 Å². The Hall–Kier alpha value is -1.09. The van der Waals surface area contributed by atoms with E-state index in [4.69, 9.17) is 18.6 Å². The molecule has 0 N–H and O–H groups in total. The predicted octanol–water partition coefficient (Wildman–Crippen LogP) is 0.780. The maximum absolute atomic E-state index is 11.2. The number of carbonyl (C=O) groups excluding carboxylic acids is 2. The zero-order chi connectivity index (χ0) is 19.7. The number of hydrogen-bond acceptors (Lipinski definition) is 8. The minimum Gasteiger partial charge on any atom is -0.498 e. The first-order valence-corrected chi connectivity index (χ1v) is 9.18. The first-order valence-electron chi connectivity index (χ1n) is 9.18. The summed E-state index contributed by atoms with van der Waals surface area (Å²) in [5, 5.41) is 0. The van der Waals surface area contributed by atoms with Gasteiger partial charge in [-0.2, -0.15) is 0 Å². The first kappa shape index (κ1) is 23.0. The van der Waals surface area contributed by atoms with E-state index in [0.29, 0.717) is 5.82 Å². The summed E-state index contributed by atoms with van der Waals surface area (Å²) in [5.74, 6) is -0.294. The van der Waals surface area contributed by atoms with E-state index in [1.807, 2.05) is 13.8 Å². The molecule has 0 aliphatic carbocycles. The molecule has 0 bridgehead atoms. The molecule has 0 unspecified atom stereocenters. The van der Waals surface area contributed by atoms with E-state index < -0.39 is 7.12 Å². The second-order valence-corrected chi connectivity index (χ2v) is 7.42. The summed E-state index contributed by atoms with van der Waals surface area (Å²) in [6, 6.07) is 0. The van der Waals surface area contributed by atoms with E-state index in [-0.39, 0.29) is 38.0 Å². The van der Waals surface area contributed by atoms with Crippen LogP contribution in [0.25, 0.3) is 0 Å². The Morgan fingerprint density at radius 2 is 1.19 bits per heavy atom. The summed E-state index contributed by atoms with van der Waals surface area (Å²) < 4.78 is 21.0. The molecule has 0 amide bonds. The molecule has 148 valence electrons. The molecular formula is C16H32B2N2O6. The third kappa shape index (κ3) is 9.02. The van der Waals surface area contributed by atoms with Crippen molar-refractivity contribution in [3.63, 3.8) is 0 Å². The van der Waals surface area contributed by atoms with E-state index in [0.717, 1.165) is 26.3 Å². The Kier molecular flexibility index (Phi) is 10.2. The van der Waals surface area contributed by atoms with Crippen molar-refractivity contribution in [3.05, 3.63) is 0 Å². The Morgan fingerprint density at radius 1 is 0.769 bits per heavy atom. The normalized spacial score (nSPS) is 21.2. The van der Waals surface area contributed by atoms with E-state index in [1.165, 1.54) is 0 Å². The van der Waals surface area contributed by atoms with Crippen LogP contribution in [-0.2, 0) is 28.2 Å². The number of carbonyl (C=O) groups is 2. The van der Waals surface area contributed by atoms with Crippen LogP contribution in [0, 0.1) is 0 Å². The minimum absolute atomic E-state index is 0.00120. The monoisotopic (exact) mass is 370 g/mol. The Labute approximate surface area is 157 Å². The third-order valence-electron chi connectivity index (χ3n) is 3.89. The van der Waals surface area contributed by atoms with Crippen molar-refractivity contribution < 1.29 is 28.2 Å². The molecular weight excluding hydrogens is 338 g/mol. The van der Waals surface area contributed by atoms with E-state index in [1.54, 1.807) is 11.9 Å². The minimum atomic E-state index is -0.747. The van der Waals surface area contributed by atoms with Crippen LogP contribution < -0.4 is 0 Å². The Balaban J connectivity index is 0.000000263. The zero-order valence-electron chi connectivity index (χ0n) is 16.9. The van der Waals surface area contributed by atoms with Crippen molar-refractivity contribution in [1.82, 2.24) is 9.80 Å². The van der Waals surface area contributed by atoms with Gasteiger partial charge in [-0.25, -0.2) is 0 Å². The van der Waals surface area contributed by atoms with Crippen molar-refractivity contribution in [1.29, 1.82) is 0 Å². The Bertz CT molecular complexity index is 422. The molecule has 2 heterocycles. The van der Waals surface area contributed by atoms with Crippen molar-refractivity contribution in [2.75, 3.05) is 53.5 Å². The molecule has 0 atom stereocenters. The standard InChI is InChI=1S/C8H14BNO4.C8H18BNO2/c1-6(2)9-13-7(11)4-10(3)5-8(12)14-9;1-8(2)9-11-6-4-10(3)5-7-12-9/h6H,4-5H2,1-3H3;8H,4-7H2,1-3H3. The molecule has 10 heteroatoms. The van der Waals surface area contributed by atoms with Crippen molar-refractivity contribution >= 4 is 26.2 Å². The molecule has 0 aromatic rings. The summed E-state index contributed by atoms with van der Waals surface area (Å²) in [7, 11) is 3.00. The molecule has 2 aliphatic heterocycles.